The molecule has 2 N–H and O–H groups in total. The van der Waals surface area contributed by atoms with Gasteiger partial charge in [0.15, 0.2) is 0 Å². The number of nitrogens with one attached hydrogen (secondary N) is 2. The van der Waals surface area contributed by atoms with E-state index >= 15 is 0 Å². The van der Waals surface area contributed by atoms with Crippen LogP contribution in [0.4, 0.5) is 11.8 Å². The predicted octanol–water partition coefficient (Wildman–Crippen LogP) is 4.87. The Kier molecular flexibility index (Phi) is 5.94. The number of fused-ring (bicyclic) bond motifs is 1. The van der Waals surface area contributed by atoms with Crippen LogP contribution in [-0.4, -0.2) is 24.2 Å². The molecule has 0 saturated carbocycles. The molecule has 0 bridgehead atoms. The van der Waals surface area contributed by atoms with Gasteiger partial charge in [-0.25, -0.2) is 4.98 Å². The topological polar surface area (TPSA) is 68.3 Å². The van der Waals surface area contributed by atoms with Gasteiger partial charge in [-0.05, 0) is 29.8 Å². The highest BCUT2D eigenvalue weighted by Crippen LogP contribution is 2.26. The maximum Gasteiger partial charge on any atom is 0.225 e. The molecule has 0 unspecified atom stereocenters. The van der Waals surface area contributed by atoms with Crippen LogP contribution in [-0.2, 0) is 13.1 Å². The molecule has 0 radical (unpaired) electrons. The van der Waals surface area contributed by atoms with Crippen molar-refractivity contribution in [2.24, 2.45) is 0 Å². The molecule has 0 aliphatic rings. The van der Waals surface area contributed by atoms with Gasteiger partial charge >= 0.3 is 0 Å². The zero-order valence-electron chi connectivity index (χ0n) is 17.1. The van der Waals surface area contributed by atoms with Gasteiger partial charge in [-0.15, -0.1) is 0 Å². The summed E-state index contributed by atoms with van der Waals surface area (Å²) in [5, 5.41) is 7.76. The van der Waals surface area contributed by atoms with Crippen LogP contribution in [0, 0.1) is 0 Å². The average Bonchev–Trinajstić information content (AvgIpc) is 2.81. The van der Waals surface area contributed by atoms with Crippen molar-refractivity contribution in [3.05, 3.63) is 83.9 Å². The molecule has 1 heterocycles. The molecule has 4 aromatic rings. The minimum absolute atomic E-state index is 0.531. The maximum atomic E-state index is 5.48. The maximum absolute atomic E-state index is 5.48. The molecule has 30 heavy (non-hydrogen) atoms. The van der Waals surface area contributed by atoms with Crippen LogP contribution in [0.5, 0.6) is 11.5 Å². The highest BCUT2D eigenvalue weighted by molar-refractivity contribution is 5.90. The number of ether oxygens (including phenoxy) is 2. The van der Waals surface area contributed by atoms with E-state index in [2.05, 4.69) is 27.8 Å². The number of hydrogen-bond donors (Lipinski definition) is 2. The first-order valence-electron chi connectivity index (χ1n) is 9.76. The first-order valence-corrected chi connectivity index (χ1v) is 9.76. The number of benzene rings is 3. The summed E-state index contributed by atoms with van der Waals surface area (Å²) < 4.78 is 10.8. The summed E-state index contributed by atoms with van der Waals surface area (Å²) in [5.74, 6) is 2.87. The van der Waals surface area contributed by atoms with Gasteiger partial charge in [0.25, 0.3) is 0 Å². The van der Waals surface area contributed by atoms with Gasteiger partial charge in [0.05, 0.1) is 19.7 Å². The van der Waals surface area contributed by atoms with E-state index in [9.17, 15) is 0 Å². The number of rotatable bonds is 8. The molecule has 0 atom stereocenters. The van der Waals surface area contributed by atoms with Crippen molar-refractivity contribution in [2.75, 3.05) is 24.9 Å². The lowest BCUT2D eigenvalue weighted by atomic mass is 10.2. The van der Waals surface area contributed by atoms with Crippen molar-refractivity contribution in [1.82, 2.24) is 9.97 Å². The van der Waals surface area contributed by atoms with Crippen molar-refractivity contribution in [3.63, 3.8) is 0 Å². The molecule has 4 rings (SSSR count). The molecule has 3 aromatic carbocycles. The third-order valence-corrected chi connectivity index (χ3v) is 4.84. The van der Waals surface area contributed by atoms with Gasteiger partial charge in [0, 0.05) is 30.1 Å². The molecule has 1 aromatic heterocycles. The Hall–Kier alpha value is -3.80. The largest absolute Gasteiger partial charge is 0.497 e. The van der Waals surface area contributed by atoms with Crippen LogP contribution in [0.15, 0.2) is 72.8 Å². The van der Waals surface area contributed by atoms with E-state index in [1.165, 1.54) is 5.56 Å². The zero-order chi connectivity index (χ0) is 20.8. The molecule has 0 saturated heterocycles. The van der Waals surface area contributed by atoms with Gasteiger partial charge in [0.2, 0.25) is 5.95 Å². The molecule has 0 spiro atoms. The first kappa shape index (κ1) is 19.5. The zero-order valence-corrected chi connectivity index (χ0v) is 17.1. The van der Waals surface area contributed by atoms with Crippen molar-refractivity contribution in [3.8, 4) is 11.5 Å². The number of anilines is 2. The van der Waals surface area contributed by atoms with Crippen molar-refractivity contribution in [1.29, 1.82) is 0 Å². The molecule has 0 aliphatic heterocycles. The fraction of sp³-hybridized carbons (Fsp3) is 0.167. The van der Waals surface area contributed by atoms with E-state index in [0.717, 1.165) is 33.8 Å². The lowest BCUT2D eigenvalue weighted by molar-refractivity contribution is 0.391. The summed E-state index contributed by atoms with van der Waals surface area (Å²) in [6, 6.07) is 24.0. The molecule has 6 heteroatoms. The minimum atomic E-state index is 0.531. The monoisotopic (exact) mass is 400 g/mol. The molecular weight excluding hydrogens is 376 g/mol. The van der Waals surface area contributed by atoms with Crippen molar-refractivity contribution >= 4 is 22.7 Å². The fourth-order valence-electron chi connectivity index (χ4n) is 3.24. The van der Waals surface area contributed by atoms with Crippen LogP contribution >= 0.6 is 0 Å². The summed E-state index contributed by atoms with van der Waals surface area (Å²) in [5.41, 5.74) is 3.07. The van der Waals surface area contributed by atoms with E-state index in [1.807, 2.05) is 60.7 Å². The van der Waals surface area contributed by atoms with Crippen LogP contribution in [0.25, 0.3) is 10.9 Å². The molecular formula is C24H24N4O2. The second-order valence-electron chi connectivity index (χ2n) is 6.78. The number of nitrogens with zero attached hydrogens (tertiary/aromatic N) is 2. The van der Waals surface area contributed by atoms with E-state index in [4.69, 9.17) is 14.5 Å². The lowest BCUT2D eigenvalue weighted by Gasteiger charge is -2.14. The molecule has 0 amide bonds. The van der Waals surface area contributed by atoms with E-state index in [0.29, 0.717) is 19.0 Å². The Balaban J connectivity index is 1.57. The van der Waals surface area contributed by atoms with Crippen LogP contribution in [0.2, 0.25) is 0 Å². The van der Waals surface area contributed by atoms with Crippen LogP contribution < -0.4 is 20.1 Å². The van der Waals surface area contributed by atoms with E-state index < -0.39 is 0 Å². The molecule has 0 aliphatic carbocycles. The van der Waals surface area contributed by atoms with Gasteiger partial charge in [-0.2, -0.15) is 4.98 Å². The van der Waals surface area contributed by atoms with Gasteiger partial charge in [-0.3, -0.25) is 0 Å². The Morgan fingerprint density at radius 1 is 0.767 bits per heavy atom. The Bertz CT molecular complexity index is 1130. The molecule has 6 nitrogen and oxygen atoms in total. The predicted molar refractivity (Wildman–Crippen MR) is 120 cm³/mol. The average molecular weight is 400 g/mol. The van der Waals surface area contributed by atoms with Gasteiger partial charge in [-0.1, -0.05) is 42.5 Å². The highest BCUT2D eigenvalue weighted by atomic mass is 16.5. The third kappa shape index (κ3) is 4.43. The standard InChI is InChI=1S/C24H24N4O2/c1-29-19-13-12-18(22(14-19)30-2)16-26-24-27-21-11-7-6-10-20(21)23(28-24)25-15-17-8-4-3-5-9-17/h3-14H,15-16H2,1-2H3,(H2,25,26,27,28). The van der Waals surface area contributed by atoms with Crippen molar-refractivity contribution < 1.29 is 9.47 Å². The van der Waals surface area contributed by atoms with Gasteiger partial charge < -0.3 is 20.1 Å². The number of methoxy groups -OCH3 is 2. The quantitative estimate of drug-likeness (QED) is 0.440. The third-order valence-electron chi connectivity index (χ3n) is 4.84. The Morgan fingerprint density at radius 3 is 2.37 bits per heavy atom. The SMILES string of the molecule is COc1ccc(CNc2nc(NCc3ccccc3)c3ccccc3n2)c(OC)c1. The minimum Gasteiger partial charge on any atom is -0.497 e. The Morgan fingerprint density at radius 2 is 1.57 bits per heavy atom. The fourth-order valence-corrected chi connectivity index (χ4v) is 3.24. The van der Waals surface area contributed by atoms with E-state index in [-0.39, 0.29) is 0 Å². The second-order valence-corrected chi connectivity index (χ2v) is 6.78. The van der Waals surface area contributed by atoms with Crippen LogP contribution in [0.3, 0.4) is 0 Å². The summed E-state index contributed by atoms with van der Waals surface area (Å²) in [7, 11) is 3.29. The van der Waals surface area contributed by atoms with Crippen LogP contribution in [0.1, 0.15) is 11.1 Å². The summed E-state index contributed by atoms with van der Waals surface area (Å²) in [6.07, 6.45) is 0. The highest BCUT2D eigenvalue weighted by Gasteiger charge is 2.10. The number of hydrogen-bond acceptors (Lipinski definition) is 6. The summed E-state index contributed by atoms with van der Waals surface area (Å²) in [4.78, 5) is 9.39. The molecule has 152 valence electrons. The molecule has 0 fully saturated rings. The number of aromatic nitrogens is 2. The van der Waals surface area contributed by atoms with Gasteiger partial charge in [0.1, 0.15) is 17.3 Å². The Labute approximate surface area is 175 Å². The summed E-state index contributed by atoms with van der Waals surface area (Å²) >= 11 is 0. The first-order chi connectivity index (χ1) is 14.8. The normalized spacial score (nSPS) is 10.6. The number of para-hydroxylation sites is 1. The summed E-state index contributed by atoms with van der Waals surface area (Å²) in [6.45, 7) is 1.22. The smallest absolute Gasteiger partial charge is 0.225 e. The van der Waals surface area contributed by atoms with E-state index in [1.54, 1.807) is 14.2 Å². The lowest BCUT2D eigenvalue weighted by Crippen LogP contribution is -2.08. The van der Waals surface area contributed by atoms with Crippen molar-refractivity contribution in [2.45, 2.75) is 13.1 Å². The second kappa shape index (κ2) is 9.13.